The lowest BCUT2D eigenvalue weighted by Crippen LogP contribution is -2.16. The smallest absolute Gasteiger partial charge is 0.337 e. The van der Waals surface area contributed by atoms with Crippen LogP contribution in [0.4, 0.5) is 5.69 Å². The largest absolute Gasteiger partial charge is 0.478 e. The van der Waals surface area contributed by atoms with Crippen LogP contribution in [-0.4, -0.2) is 17.0 Å². The van der Waals surface area contributed by atoms with Crippen molar-refractivity contribution in [2.24, 2.45) is 0 Å². The normalized spacial score (nSPS) is 10.7. The molecule has 0 aliphatic rings. The van der Waals surface area contributed by atoms with Crippen LogP contribution in [0.1, 0.15) is 15.9 Å². The zero-order valence-corrected chi connectivity index (χ0v) is 11.6. The molecule has 0 saturated heterocycles. The van der Waals surface area contributed by atoms with Crippen LogP contribution in [0, 0.1) is 11.3 Å². The Balaban J connectivity index is 2.25. The molecule has 0 spiro atoms. The van der Waals surface area contributed by atoms with E-state index in [-0.39, 0.29) is 16.8 Å². The van der Waals surface area contributed by atoms with Gasteiger partial charge >= 0.3 is 5.97 Å². The molecule has 0 saturated carbocycles. The summed E-state index contributed by atoms with van der Waals surface area (Å²) >= 11 is 1.45. The number of nitrogens with one attached hydrogen (secondary N) is 1. The number of hydrogen-bond donors (Lipinski definition) is 2. The average Bonchev–Trinajstić information content (AvgIpc) is 2.98. The molecule has 0 aliphatic heterocycles. The molecule has 0 fully saturated rings. The molecule has 1 heterocycles. The second-order valence-corrected chi connectivity index (χ2v) is 4.81. The molecule has 2 rings (SSSR count). The Kier molecular flexibility index (Phi) is 4.49. The molecule has 0 bridgehead atoms. The molecule has 0 atom stereocenters. The Morgan fingerprint density at radius 3 is 2.67 bits per heavy atom. The van der Waals surface area contributed by atoms with Crippen LogP contribution in [0.2, 0.25) is 0 Å². The van der Waals surface area contributed by atoms with Gasteiger partial charge in [0, 0.05) is 0 Å². The van der Waals surface area contributed by atoms with Crippen molar-refractivity contribution >= 4 is 35.0 Å². The summed E-state index contributed by atoms with van der Waals surface area (Å²) in [5, 5.41) is 24.2. The van der Waals surface area contributed by atoms with Crippen LogP contribution in [0.5, 0.6) is 0 Å². The second-order valence-electron chi connectivity index (χ2n) is 4.03. The molecular weight excluding hydrogens is 288 g/mol. The highest BCUT2D eigenvalue weighted by Crippen LogP contribution is 2.17. The predicted octanol–water partition coefficient (Wildman–Crippen LogP) is 2.99. The highest BCUT2D eigenvalue weighted by atomic mass is 32.1. The number of benzene rings is 1. The number of nitriles is 1. The fourth-order valence-electron chi connectivity index (χ4n) is 1.64. The van der Waals surface area contributed by atoms with Gasteiger partial charge in [0.1, 0.15) is 11.6 Å². The van der Waals surface area contributed by atoms with Gasteiger partial charge in [-0.05, 0) is 40.6 Å². The number of anilines is 1. The lowest BCUT2D eigenvalue weighted by atomic mass is 10.1. The van der Waals surface area contributed by atoms with E-state index in [1.165, 1.54) is 29.5 Å². The number of nitrogens with zero attached hydrogens (tertiary/aromatic N) is 1. The van der Waals surface area contributed by atoms with Gasteiger partial charge in [0.25, 0.3) is 5.91 Å². The summed E-state index contributed by atoms with van der Waals surface area (Å²) < 4.78 is 0. The van der Waals surface area contributed by atoms with E-state index in [4.69, 9.17) is 10.4 Å². The van der Waals surface area contributed by atoms with Crippen LogP contribution in [0.15, 0.2) is 46.7 Å². The van der Waals surface area contributed by atoms with Gasteiger partial charge in [0.2, 0.25) is 0 Å². The highest BCUT2D eigenvalue weighted by molar-refractivity contribution is 7.08. The summed E-state index contributed by atoms with van der Waals surface area (Å²) in [7, 11) is 0. The average molecular weight is 298 g/mol. The van der Waals surface area contributed by atoms with Gasteiger partial charge in [-0.3, -0.25) is 4.79 Å². The minimum Gasteiger partial charge on any atom is -0.478 e. The van der Waals surface area contributed by atoms with Crippen molar-refractivity contribution in [3.05, 3.63) is 57.8 Å². The van der Waals surface area contributed by atoms with Crippen molar-refractivity contribution in [3.8, 4) is 6.07 Å². The van der Waals surface area contributed by atoms with E-state index >= 15 is 0 Å². The first kappa shape index (κ1) is 14.5. The number of aromatic carboxylic acids is 1. The van der Waals surface area contributed by atoms with Crippen molar-refractivity contribution in [2.45, 2.75) is 0 Å². The molecule has 104 valence electrons. The topological polar surface area (TPSA) is 90.2 Å². The van der Waals surface area contributed by atoms with Gasteiger partial charge in [-0.15, -0.1) is 0 Å². The highest BCUT2D eigenvalue weighted by Gasteiger charge is 2.14. The van der Waals surface area contributed by atoms with E-state index in [0.29, 0.717) is 0 Å². The Morgan fingerprint density at radius 1 is 1.29 bits per heavy atom. The number of carboxylic acids is 1. The molecule has 2 aromatic rings. The molecule has 0 unspecified atom stereocenters. The number of carbonyl (C=O) groups excluding carboxylic acids is 1. The molecule has 2 N–H and O–H groups in total. The zero-order valence-electron chi connectivity index (χ0n) is 10.7. The van der Waals surface area contributed by atoms with Crippen molar-refractivity contribution < 1.29 is 14.7 Å². The van der Waals surface area contributed by atoms with E-state index < -0.39 is 11.9 Å². The summed E-state index contributed by atoms with van der Waals surface area (Å²) in [5.74, 6) is -1.79. The number of carboxylic acid groups (broad SMARTS) is 1. The second kappa shape index (κ2) is 6.50. The lowest BCUT2D eigenvalue weighted by Gasteiger charge is -2.07. The summed E-state index contributed by atoms with van der Waals surface area (Å²) in [6, 6.07) is 9.62. The first-order valence-electron chi connectivity index (χ1n) is 5.89. The van der Waals surface area contributed by atoms with Gasteiger partial charge in [0.15, 0.2) is 0 Å². The molecule has 0 aliphatic carbocycles. The summed E-state index contributed by atoms with van der Waals surface area (Å²) in [5.41, 5.74) is 0.784. The molecule has 0 radical (unpaired) electrons. The molecule has 21 heavy (non-hydrogen) atoms. The molecule has 5 nitrogen and oxygen atoms in total. The molecule has 1 aromatic carbocycles. The third kappa shape index (κ3) is 3.55. The Hall–Kier alpha value is -2.91. The third-order valence-electron chi connectivity index (χ3n) is 2.62. The van der Waals surface area contributed by atoms with Crippen LogP contribution < -0.4 is 5.32 Å². The van der Waals surface area contributed by atoms with Crippen molar-refractivity contribution in [1.29, 1.82) is 5.26 Å². The summed E-state index contributed by atoms with van der Waals surface area (Å²) in [6.07, 6.45) is 1.45. The number of carbonyl (C=O) groups is 2. The maximum Gasteiger partial charge on any atom is 0.337 e. The Morgan fingerprint density at radius 2 is 2.05 bits per heavy atom. The van der Waals surface area contributed by atoms with Crippen LogP contribution in [-0.2, 0) is 4.79 Å². The van der Waals surface area contributed by atoms with Crippen molar-refractivity contribution in [2.75, 3.05) is 5.32 Å². The maximum absolute atomic E-state index is 12.1. The Bertz CT molecular complexity index is 743. The maximum atomic E-state index is 12.1. The minimum absolute atomic E-state index is 0.0290. The Labute approximate surface area is 124 Å². The van der Waals surface area contributed by atoms with E-state index in [9.17, 15) is 9.59 Å². The van der Waals surface area contributed by atoms with Crippen LogP contribution in [0.25, 0.3) is 6.08 Å². The standard InChI is InChI=1S/C15H10N2O3S/c16-8-11(7-10-5-6-21-9-10)14(18)17-13-4-2-1-3-12(13)15(19)20/h1-7,9H,(H,17,18)(H,19,20)/b11-7+. The quantitative estimate of drug-likeness (QED) is 0.670. The summed E-state index contributed by atoms with van der Waals surface area (Å²) in [6.45, 7) is 0. The number of hydrogen-bond acceptors (Lipinski definition) is 4. The van der Waals surface area contributed by atoms with Gasteiger partial charge in [0.05, 0.1) is 11.3 Å². The van der Waals surface area contributed by atoms with Gasteiger partial charge in [-0.2, -0.15) is 16.6 Å². The van der Waals surface area contributed by atoms with Gasteiger partial charge < -0.3 is 10.4 Å². The minimum atomic E-state index is -1.15. The number of amides is 1. The van der Waals surface area contributed by atoms with Crippen LogP contribution >= 0.6 is 11.3 Å². The number of rotatable bonds is 4. The third-order valence-corrected chi connectivity index (χ3v) is 3.33. The SMILES string of the molecule is N#C/C(=C\c1ccsc1)C(=O)Nc1ccccc1C(=O)O. The van der Waals surface area contributed by atoms with E-state index in [1.807, 2.05) is 11.4 Å². The number of para-hydroxylation sites is 1. The molecule has 1 aromatic heterocycles. The predicted molar refractivity (Wildman–Crippen MR) is 79.9 cm³/mol. The molecule has 6 heteroatoms. The van der Waals surface area contributed by atoms with Gasteiger partial charge in [-0.25, -0.2) is 4.79 Å². The summed E-state index contributed by atoms with van der Waals surface area (Å²) in [4.78, 5) is 23.1. The van der Waals surface area contributed by atoms with E-state index in [1.54, 1.807) is 23.6 Å². The first-order chi connectivity index (χ1) is 10.1. The van der Waals surface area contributed by atoms with E-state index in [0.717, 1.165) is 5.56 Å². The number of thiophene rings is 1. The molecular formula is C15H10N2O3S. The fourth-order valence-corrected chi connectivity index (χ4v) is 2.26. The van der Waals surface area contributed by atoms with Crippen LogP contribution in [0.3, 0.4) is 0 Å². The first-order valence-corrected chi connectivity index (χ1v) is 6.84. The van der Waals surface area contributed by atoms with Crippen molar-refractivity contribution in [1.82, 2.24) is 0 Å². The fraction of sp³-hybridized carbons (Fsp3) is 0. The molecule has 1 amide bonds. The zero-order chi connectivity index (χ0) is 15.2. The van der Waals surface area contributed by atoms with Gasteiger partial charge in [-0.1, -0.05) is 12.1 Å². The lowest BCUT2D eigenvalue weighted by molar-refractivity contribution is -0.112. The monoisotopic (exact) mass is 298 g/mol. The van der Waals surface area contributed by atoms with E-state index in [2.05, 4.69) is 5.32 Å². The van der Waals surface area contributed by atoms with Crippen molar-refractivity contribution in [3.63, 3.8) is 0 Å².